The molecule has 0 atom stereocenters. The summed E-state index contributed by atoms with van der Waals surface area (Å²) in [5, 5.41) is 0. The standard InChI is InChI=1S/C15H21ClN4/c1-19-9-5-12(6-10-19)11-20-14(4-7-16)18-13-3-2-8-17-15(13)20/h2-3,8,12H,4-7,9-11H2,1H3. The first kappa shape index (κ1) is 13.8. The van der Waals surface area contributed by atoms with Crippen LogP contribution in [0.5, 0.6) is 0 Å². The normalized spacial score (nSPS) is 17.9. The van der Waals surface area contributed by atoms with Gasteiger partial charge in [-0.15, -0.1) is 11.6 Å². The highest BCUT2D eigenvalue weighted by Gasteiger charge is 2.20. The minimum absolute atomic E-state index is 0.608. The molecule has 108 valence electrons. The first-order valence-corrected chi connectivity index (χ1v) is 7.86. The average Bonchev–Trinajstić information content (AvgIpc) is 2.80. The third-order valence-electron chi connectivity index (χ3n) is 4.18. The van der Waals surface area contributed by atoms with Crippen LogP contribution in [0.4, 0.5) is 0 Å². The van der Waals surface area contributed by atoms with E-state index in [1.165, 1.54) is 25.9 Å². The number of hydrogen-bond acceptors (Lipinski definition) is 3. The monoisotopic (exact) mass is 292 g/mol. The van der Waals surface area contributed by atoms with E-state index < -0.39 is 0 Å². The molecule has 0 unspecified atom stereocenters. The van der Waals surface area contributed by atoms with Crippen molar-refractivity contribution >= 4 is 22.8 Å². The summed E-state index contributed by atoms with van der Waals surface area (Å²) in [6.45, 7) is 3.40. The highest BCUT2D eigenvalue weighted by molar-refractivity contribution is 6.17. The minimum Gasteiger partial charge on any atom is -0.312 e. The highest BCUT2D eigenvalue weighted by atomic mass is 35.5. The Balaban J connectivity index is 1.86. The molecule has 0 spiro atoms. The Morgan fingerprint density at radius 1 is 1.35 bits per heavy atom. The van der Waals surface area contributed by atoms with Gasteiger partial charge >= 0.3 is 0 Å². The number of halogens is 1. The fourth-order valence-corrected chi connectivity index (χ4v) is 3.14. The fourth-order valence-electron chi connectivity index (χ4n) is 2.98. The van der Waals surface area contributed by atoms with Gasteiger partial charge in [0.1, 0.15) is 11.3 Å². The second-order valence-corrected chi connectivity index (χ2v) is 6.05. The molecule has 4 nitrogen and oxygen atoms in total. The molecule has 2 aromatic heterocycles. The van der Waals surface area contributed by atoms with Crippen LogP contribution >= 0.6 is 11.6 Å². The summed E-state index contributed by atoms with van der Waals surface area (Å²) in [4.78, 5) is 11.6. The molecule has 0 aliphatic carbocycles. The maximum atomic E-state index is 5.92. The number of pyridine rings is 1. The smallest absolute Gasteiger partial charge is 0.159 e. The summed E-state index contributed by atoms with van der Waals surface area (Å²) < 4.78 is 2.29. The van der Waals surface area contributed by atoms with Crippen molar-refractivity contribution in [2.24, 2.45) is 5.92 Å². The molecule has 3 heterocycles. The molecule has 3 rings (SSSR count). The van der Waals surface area contributed by atoms with E-state index in [9.17, 15) is 0 Å². The second-order valence-electron chi connectivity index (χ2n) is 5.67. The zero-order valence-electron chi connectivity index (χ0n) is 11.9. The number of imidazole rings is 1. The summed E-state index contributed by atoms with van der Waals surface area (Å²) in [6.07, 6.45) is 5.16. The van der Waals surface area contributed by atoms with Crippen LogP contribution in [-0.2, 0) is 13.0 Å². The van der Waals surface area contributed by atoms with Gasteiger partial charge in [-0.3, -0.25) is 0 Å². The molecule has 1 aliphatic rings. The van der Waals surface area contributed by atoms with E-state index in [0.717, 1.165) is 35.9 Å². The van der Waals surface area contributed by atoms with E-state index in [4.69, 9.17) is 11.6 Å². The van der Waals surface area contributed by atoms with E-state index in [-0.39, 0.29) is 0 Å². The summed E-state index contributed by atoms with van der Waals surface area (Å²) in [5.41, 5.74) is 1.99. The molecule has 1 aliphatic heterocycles. The van der Waals surface area contributed by atoms with Crippen molar-refractivity contribution in [2.75, 3.05) is 26.0 Å². The SMILES string of the molecule is CN1CCC(Cn2c(CCCl)nc3cccnc32)CC1. The van der Waals surface area contributed by atoms with Crippen molar-refractivity contribution in [3.05, 3.63) is 24.2 Å². The molecule has 1 fully saturated rings. The largest absolute Gasteiger partial charge is 0.312 e. The number of nitrogens with zero attached hydrogens (tertiary/aromatic N) is 4. The third kappa shape index (κ3) is 2.81. The number of rotatable bonds is 4. The van der Waals surface area contributed by atoms with Crippen molar-refractivity contribution in [2.45, 2.75) is 25.8 Å². The maximum Gasteiger partial charge on any atom is 0.159 e. The quantitative estimate of drug-likeness (QED) is 0.812. The Labute approximate surface area is 124 Å². The van der Waals surface area contributed by atoms with Gasteiger partial charge in [-0.25, -0.2) is 9.97 Å². The highest BCUT2D eigenvalue weighted by Crippen LogP contribution is 2.22. The zero-order chi connectivity index (χ0) is 13.9. The first-order chi connectivity index (χ1) is 9.78. The van der Waals surface area contributed by atoms with Crippen LogP contribution in [0.3, 0.4) is 0 Å². The number of hydrogen-bond donors (Lipinski definition) is 0. The van der Waals surface area contributed by atoms with E-state index in [2.05, 4.69) is 26.5 Å². The molecule has 0 saturated carbocycles. The Kier molecular flexibility index (Phi) is 4.22. The van der Waals surface area contributed by atoms with Gasteiger partial charge in [-0.05, 0) is 51.0 Å². The van der Waals surface area contributed by atoms with Crippen LogP contribution in [0.25, 0.3) is 11.2 Å². The van der Waals surface area contributed by atoms with Crippen LogP contribution < -0.4 is 0 Å². The molecule has 20 heavy (non-hydrogen) atoms. The van der Waals surface area contributed by atoms with Crippen molar-refractivity contribution in [1.29, 1.82) is 0 Å². The van der Waals surface area contributed by atoms with Crippen LogP contribution in [-0.4, -0.2) is 45.5 Å². The molecular formula is C15H21ClN4. The molecule has 1 saturated heterocycles. The number of aromatic nitrogens is 3. The molecular weight excluding hydrogens is 272 g/mol. The van der Waals surface area contributed by atoms with Gasteiger partial charge in [0.25, 0.3) is 0 Å². The van der Waals surface area contributed by atoms with Crippen LogP contribution in [0, 0.1) is 5.92 Å². The van der Waals surface area contributed by atoms with E-state index >= 15 is 0 Å². The third-order valence-corrected chi connectivity index (χ3v) is 4.37. The van der Waals surface area contributed by atoms with Gasteiger partial charge < -0.3 is 9.47 Å². The van der Waals surface area contributed by atoms with Crippen LogP contribution in [0.15, 0.2) is 18.3 Å². The van der Waals surface area contributed by atoms with Gasteiger partial charge in [0, 0.05) is 25.0 Å². The summed E-state index contributed by atoms with van der Waals surface area (Å²) in [5.74, 6) is 2.41. The molecule has 0 amide bonds. The Hall–Kier alpha value is -1.13. The molecule has 2 aromatic rings. The number of likely N-dealkylation sites (tertiary alicyclic amines) is 1. The molecule has 0 aromatic carbocycles. The van der Waals surface area contributed by atoms with Crippen LogP contribution in [0.1, 0.15) is 18.7 Å². The topological polar surface area (TPSA) is 34.0 Å². The van der Waals surface area contributed by atoms with Gasteiger partial charge in [-0.2, -0.15) is 0 Å². The number of alkyl halides is 1. The zero-order valence-corrected chi connectivity index (χ0v) is 12.7. The summed E-state index contributed by atoms with van der Waals surface area (Å²) in [7, 11) is 2.20. The Bertz CT molecular complexity index is 572. The second kappa shape index (κ2) is 6.10. The van der Waals surface area contributed by atoms with Gasteiger partial charge in [0.05, 0.1) is 0 Å². The first-order valence-electron chi connectivity index (χ1n) is 7.32. The van der Waals surface area contributed by atoms with Gasteiger partial charge in [0.2, 0.25) is 0 Å². The predicted molar refractivity (Wildman–Crippen MR) is 82.2 cm³/mol. The molecule has 0 bridgehead atoms. The average molecular weight is 293 g/mol. The maximum absolute atomic E-state index is 5.92. The van der Waals surface area contributed by atoms with Crippen molar-refractivity contribution in [1.82, 2.24) is 19.4 Å². The fraction of sp³-hybridized carbons (Fsp3) is 0.600. The predicted octanol–water partition coefficient (Wildman–Crippen LogP) is 2.55. The lowest BCUT2D eigenvalue weighted by Gasteiger charge is -2.29. The number of piperidine rings is 1. The summed E-state index contributed by atoms with van der Waals surface area (Å²) >= 11 is 5.92. The molecule has 0 radical (unpaired) electrons. The van der Waals surface area contributed by atoms with Gasteiger partial charge in [-0.1, -0.05) is 0 Å². The van der Waals surface area contributed by atoms with Crippen molar-refractivity contribution in [3.63, 3.8) is 0 Å². The Morgan fingerprint density at radius 3 is 2.90 bits per heavy atom. The lowest BCUT2D eigenvalue weighted by Crippen LogP contribution is -2.32. The van der Waals surface area contributed by atoms with Crippen molar-refractivity contribution in [3.8, 4) is 0 Å². The minimum atomic E-state index is 0.608. The van der Waals surface area contributed by atoms with Crippen molar-refractivity contribution < 1.29 is 0 Å². The lowest BCUT2D eigenvalue weighted by atomic mass is 9.97. The number of fused-ring (bicyclic) bond motifs is 1. The van der Waals surface area contributed by atoms with Crippen LogP contribution in [0.2, 0.25) is 0 Å². The summed E-state index contributed by atoms with van der Waals surface area (Å²) in [6, 6.07) is 3.98. The van der Waals surface area contributed by atoms with E-state index in [1.807, 2.05) is 18.3 Å². The van der Waals surface area contributed by atoms with E-state index in [1.54, 1.807) is 0 Å². The molecule has 0 N–H and O–H groups in total. The lowest BCUT2D eigenvalue weighted by molar-refractivity contribution is 0.205. The Morgan fingerprint density at radius 2 is 2.15 bits per heavy atom. The van der Waals surface area contributed by atoms with E-state index in [0.29, 0.717) is 5.88 Å². The number of aryl methyl sites for hydroxylation is 1. The van der Waals surface area contributed by atoms with Gasteiger partial charge in [0.15, 0.2) is 5.65 Å². The molecule has 5 heteroatoms.